The van der Waals surface area contributed by atoms with E-state index in [0.717, 1.165) is 10.4 Å². The summed E-state index contributed by atoms with van der Waals surface area (Å²) in [7, 11) is 1.60. The van der Waals surface area contributed by atoms with E-state index >= 15 is 0 Å². The maximum Gasteiger partial charge on any atom is 0.221 e. The van der Waals surface area contributed by atoms with E-state index in [1.807, 2.05) is 18.2 Å². The molecule has 1 aromatic heterocycles. The molecular weight excluding hydrogens is 174 g/mol. The molecule has 0 saturated carbocycles. The molecule has 0 aliphatic carbocycles. The van der Waals surface area contributed by atoms with Crippen molar-refractivity contribution in [3.05, 3.63) is 48.0 Å². The number of pyridine rings is 1. The van der Waals surface area contributed by atoms with Gasteiger partial charge in [0.15, 0.2) is 0 Å². The normalized spacial score (nSPS) is 12.6. The lowest BCUT2D eigenvalue weighted by atomic mass is 10.2. The number of rotatable bonds is 3. The van der Waals surface area contributed by atoms with Crippen LogP contribution in [0.1, 0.15) is 0 Å². The predicted molar refractivity (Wildman–Crippen MR) is 59.4 cm³/mol. The fourth-order valence-corrected chi connectivity index (χ4v) is 1.19. The second-order valence-electron chi connectivity index (χ2n) is 2.63. The first-order chi connectivity index (χ1) is 6.83. The minimum Gasteiger partial charge on any atom is -0.481 e. The van der Waals surface area contributed by atoms with Gasteiger partial charge in [-0.05, 0) is 17.4 Å². The zero-order chi connectivity index (χ0) is 10.4. The average Bonchev–Trinajstić information content (AvgIpc) is 2.21. The number of hydrogen-bond acceptors (Lipinski definition) is 2. The van der Waals surface area contributed by atoms with Gasteiger partial charge in [-0.1, -0.05) is 31.4 Å². The monoisotopic (exact) mass is 187 g/mol. The van der Waals surface area contributed by atoms with E-state index in [-0.39, 0.29) is 0 Å². The van der Waals surface area contributed by atoms with Crippen molar-refractivity contribution in [2.24, 2.45) is 0 Å². The Hall–Kier alpha value is -1.83. The van der Waals surface area contributed by atoms with Crippen molar-refractivity contribution >= 4 is 12.2 Å². The summed E-state index contributed by atoms with van der Waals surface area (Å²) in [6.45, 7) is 7.31. The Morgan fingerprint density at radius 3 is 2.57 bits per heavy atom. The molecule has 0 saturated heterocycles. The Balaban J connectivity index is 3.60. The molecule has 0 aliphatic rings. The fourth-order valence-electron chi connectivity index (χ4n) is 1.19. The zero-order valence-electron chi connectivity index (χ0n) is 8.23. The molecule has 2 heteroatoms. The maximum atomic E-state index is 5.14. The van der Waals surface area contributed by atoms with Crippen molar-refractivity contribution in [3.63, 3.8) is 0 Å². The summed E-state index contributed by atoms with van der Waals surface area (Å²) in [5.74, 6) is 0.598. The quantitative estimate of drug-likeness (QED) is 0.705. The Morgan fingerprint density at radius 1 is 1.29 bits per heavy atom. The molecule has 0 fully saturated rings. The number of methoxy groups -OCH3 is 1. The number of nitrogens with zero attached hydrogens (tertiary/aromatic N) is 1. The fraction of sp³-hybridized carbons (Fsp3) is 0.0833. The lowest BCUT2D eigenvalue weighted by Gasteiger charge is -1.98. The van der Waals surface area contributed by atoms with Crippen LogP contribution < -0.4 is 15.2 Å². The largest absolute Gasteiger partial charge is 0.481 e. The van der Waals surface area contributed by atoms with E-state index in [1.165, 1.54) is 0 Å². The van der Waals surface area contributed by atoms with Crippen molar-refractivity contribution in [1.82, 2.24) is 4.98 Å². The number of allylic oxidation sites excluding steroid dienone is 2. The summed E-state index contributed by atoms with van der Waals surface area (Å²) in [5.41, 5.74) is 0. The second-order valence-corrected chi connectivity index (χ2v) is 2.63. The molecule has 1 aromatic rings. The molecule has 0 unspecified atom stereocenters. The van der Waals surface area contributed by atoms with Gasteiger partial charge in [0.25, 0.3) is 0 Å². The van der Waals surface area contributed by atoms with E-state index in [9.17, 15) is 0 Å². The van der Waals surface area contributed by atoms with Crippen LogP contribution in [0, 0.1) is 0 Å². The van der Waals surface area contributed by atoms with Crippen LogP contribution in [0.15, 0.2) is 37.6 Å². The molecule has 1 rings (SSSR count). The first-order valence-corrected chi connectivity index (χ1v) is 4.28. The molecule has 0 amide bonds. The minimum absolute atomic E-state index is 0.598. The summed E-state index contributed by atoms with van der Waals surface area (Å²) in [6.07, 6.45) is 8.91. The lowest BCUT2D eigenvalue weighted by Crippen LogP contribution is -2.26. The molecule has 14 heavy (non-hydrogen) atoms. The Morgan fingerprint density at radius 2 is 2.00 bits per heavy atom. The third kappa shape index (κ3) is 2.10. The highest BCUT2D eigenvalue weighted by molar-refractivity contribution is 5.44. The Labute approximate surface area is 83.6 Å². The van der Waals surface area contributed by atoms with Crippen molar-refractivity contribution in [2.75, 3.05) is 7.11 Å². The number of hydrogen-bond donors (Lipinski definition) is 0. The summed E-state index contributed by atoms with van der Waals surface area (Å²) < 4.78 is 5.14. The van der Waals surface area contributed by atoms with Gasteiger partial charge < -0.3 is 4.74 Å². The number of aromatic nitrogens is 1. The molecule has 0 radical (unpaired) electrons. The smallest absolute Gasteiger partial charge is 0.221 e. The molecule has 0 N–H and O–H groups in total. The van der Waals surface area contributed by atoms with Crippen LogP contribution in [0.3, 0.4) is 0 Å². The van der Waals surface area contributed by atoms with E-state index in [4.69, 9.17) is 4.74 Å². The third-order valence-corrected chi connectivity index (χ3v) is 1.76. The van der Waals surface area contributed by atoms with E-state index in [1.54, 1.807) is 25.5 Å². The SMILES string of the molecule is C=C/C=c1/ccnc(OC)/c1=C/C=C. The summed E-state index contributed by atoms with van der Waals surface area (Å²) in [5, 5.41) is 1.94. The van der Waals surface area contributed by atoms with E-state index < -0.39 is 0 Å². The van der Waals surface area contributed by atoms with Gasteiger partial charge in [0.2, 0.25) is 5.88 Å². The van der Waals surface area contributed by atoms with Crippen molar-refractivity contribution < 1.29 is 4.74 Å². The van der Waals surface area contributed by atoms with Crippen LogP contribution in [0.5, 0.6) is 5.88 Å². The summed E-state index contributed by atoms with van der Waals surface area (Å²) >= 11 is 0. The van der Waals surface area contributed by atoms with Gasteiger partial charge in [-0.25, -0.2) is 4.98 Å². The lowest BCUT2D eigenvalue weighted by molar-refractivity contribution is 0.393. The van der Waals surface area contributed by atoms with Crippen LogP contribution in [0.25, 0.3) is 12.2 Å². The highest BCUT2D eigenvalue weighted by atomic mass is 16.5. The second kappa shape index (κ2) is 5.02. The Bertz CT molecular complexity index is 446. The maximum absolute atomic E-state index is 5.14. The molecule has 0 atom stereocenters. The molecule has 0 aromatic carbocycles. The van der Waals surface area contributed by atoms with Crippen molar-refractivity contribution in [3.8, 4) is 5.88 Å². The predicted octanol–water partition coefficient (Wildman–Crippen LogP) is 1.02. The molecule has 72 valence electrons. The third-order valence-electron chi connectivity index (χ3n) is 1.76. The Kier molecular flexibility index (Phi) is 3.68. The molecule has 0 bridgehead atoms. The van der Waals surface area contributed by atoms with Gasteiger partial charge in [-0.2, -0.15) is 0 Å². The van der Waals surface area contributed by atoms with E-state index in [0.29, 0.717) is 5.88 Å². The van der Waals surface area contributed by atoms with Crippen molar-refractivity contribution in [2.45, 2.75) is 0 Å². The average molecular weight is 187 g/mol. The minimum atomic E-state index is 0.598. The zero-order valence-corrected chi connectivity index (χ0v) is 8.23. The van der Waals surface area contributed by atoms with Gasteiger partial charge in [-0.15, -0.1) is 0 Å². The summed E-state index contributed by atoms with van der Waals surface area (Å²) in [6, 6.07) is 1.90. The van der Waals surface area contributed by atoms with Gasteiger partial charge in [0, 0.05) is 11.4 Å². The highest BCUT2D eigenvalue weighted by Gasteiger charge is 1.94. The summed E-state index contributed by atoms with van der Waals surface area (Å²) in [4.78, 5) is 4.10. The van der Waals surface area contributed by atoms with Gasteiger partial charge in [0.05, 0.1) is 7.11 Å². The highest BCUT2D eigenvalue weighted by Crippen LogP contribution is 1.91. The van der Waals surface area contributed by atoms with Crippen LogP contribution in [-0.4, -0.2) is 12.1 Å². The van der Waals surface area contributed by atoms with Gasteiger partial charge in [0.1, 0.15) is 0 Å². The van der Waals surface area contributed by atoms with Gasteiger partial charge >= 0.3 is 0 Å². The molecule has 0 aliphatic heterocycles. The first-order valence-electron chi connectivity index (χ1n) is 4.28. The van der Waals surface area contributed by atoms with Crippen LogP contribution in [0.2, 0.25) is 0 Å². The molecule has 2 nitrogen and oxygen atoms in total. The van der Waals surface area contributed by atoms with E-state index in [2.05, 4.69) is 18.1 Å². The molecule has 0 spiro atoms. The standard InChI is InChI=1S/C12H13NO/c1-4-6-10-8-9-13-12(14-3)11(10)7-5-2/h4-9H,1-2H2,3H3/b10-6-,11-7+. The van der Waals surface area contributed by atoms with Crippen LogP contribution in [-0.2, 0) is 0 Å². The first kappa shape index (κ1) is 10.3. The van der Waals surface area contributed by atoms with Crippen molar-refractivity contribution in [1.29, 1.82) is 0 Å². The molecule has 1 heterocycles. The topological polar surface area (TPSA) is 22.1 Å². The van der Waals surface area contributed by atoms with Crippen LogP contribution in [0.4, 0.5) is 0 Å². The number of ether oxygens (including phenoxy) is 1. The van der Waals surface area contributed by atoms with Gasteiger partial charge in [-0.3, -0.25) is 0 Å². The van der Waals surface area contributed by atoms with Crippen LogP contribution >= 0.6 is 0 Å². The molecular formula is C12H13NO.